The van der Waals surface area contributed by atoms with Crippen molar-refractivity contribution in [3.8, 4) is 11.5 Å². The number of fused-ring (bicyclic) bond motifs is 1. The molecular weight excluding hydrogens is 420 g/mol. The average molecular weight is 440 g/mol. The Balaban J connectivity index is 1.74. The molecule has 0 bridgehead atoms. The lowest BCUT2D eigenvalue weighted by molar-refractivity contribution is -0.384. The maximum absolute atomic E-state index is 13.6. The third-order valence-electron chi connectivity index (χ3n) is 4.90. The summed E-state index contributed by atoms with van der Waals surface area (Å²) in [6.07, 6.45) is 0. The van der Waals surface area contributed by atoms with Gasteiger partial charge in [-0.15, -0.1) is 0 Å². The summed E-state index contributed by atoms with van der Waals surface area (Å²) in [4.78, 5) is 10.5. The monoisotopic (exact) mass is 440 g/mol. The standard InChI is InChI=1S/C22H20N2O6S/c1-16-2-6-18(7-3-16)23(15-17-4-8-19(9-5-17)24(25)26)31(27,28)20-10-11-21-22(14-20)30-13-12-29-21/h2-11,14H,12-13,15H2,1H3. The predicted molar refractivity (Wildman–Crippen MR) is 115 cm³/mol. The number of nitro groups is 1. The Bertz CT molecular complexity index is 1210. The smallest absolute Gasteiger partial charge is 0.269 e. The molecule has 8 nitrogen and oxygen atoms in total. The molecule has 0 aliphatic carbocycles. The van der Waals surface area contributed by atoms with Gasteiger partial charge >= 0.3 is 0 Å². The molecule has 0 radical (unpaired) electrons. The van der Waals surface area contributed by atoms with Gasteiger partial charge in [0.2, 0.25) is 0 Å². The molecule has 0 N–H and O–H groups in total. The molecule has 0 amide bonds. The van der Waals surface area contributed by atoms with Crippen molar-refractivity contribution in [1.29, 1.82) is 0 Å². The van der Waals surface area contributed by atoms with Gasteiger partial charge in [-0.05, 0) is 36.8 Å². The maximum Gasteiger partial charge on any atom is 0.269 e. The molecule has 1 heterocycles. The minimum Gasteiger partial charge on any atom is -0.486 e. The minimum absolute atomic E-state index is 0.0117. The number of hydrogen-bond donors (Lipinski definition) is 0. The molecule has 0 fully saturated rings. The first-order valence-corrected chi connectivity index (χ1v) is 11.0. The largest absolute Gasteiger partial charge is 0.486 e. The summed E-state index contributed by atoms with van der Waals surface area (Å²) in [5, 5.41) is 10.9. The van der Waals surface area contributed by atoms with E-state index in [0.717, 1.165) is 5.56 Å². The van der Waals surface area contributed by atoms with E-state index in [9.17, 15) is 18.5 Å². The zero-order valence-corrected chi connectivity index (χ0v) is 17.5. The van der Waals surface area contributed by atoms with Crippen LogP contribution >= 0.6 is 0 Å². The number of ether oxygens (including phenoxy) is 2. The molecule has 0 saturated heterocycles. The van der Waals surface area contributed by atoms with E-state index >= 15 is 0 Å². The summed E-state index contributed by atoms with van der Waals surface area (Å²) in [5.74, 6) is 0.883. The summed E-state index contributed by atoms with van der Waals surface area (Å²) >= 11 is 0. The Morgan fingerprint density at radius 1 is 0.935 bits per heavy atom. The second-order valence-electron chi connectivity index (χ2n) is 7.08. The van der Waals surface area contributed by atoms with E-state index < -0.39 is 14.9 Å². The Morgan fingerprint density at radius 3 is 2.23 bits per heavy atom. The first kappa shape index (κ1) is 20.7. The summed E-state index contributed by atoms with van der Waals surface area (Å²) in [6.45, 7) is 2.69. The van der Waals surface area contributed by atoms with Crippen LogP contribution in [0.1, 0.15) is 11.1 Å². The fraction of sp³-hybridized carbons (Fsp3) is 0.182. The first-order chi connectivity index (χ1) is 14.8. The van der Waals surface area contributed by atoms with E-state index in [1.807, 2.05) is 19.1 Å². The highest BCUT2D eigenvalue weighted by Crippen LogP contribution is 2.35. The number of nitro benzene ring substituents is 1. The van der Waals surface area contributed by atoms with Crippen LogP contribution in [0.25, 0.3) is 0 Å². The lowest BCUT2D eigenvalue weighted by Crippen LogP contribution is -2.30. The van der Waals surface area contributed by atoms with Crippen LogP contribution in [0.3, 0.4) is 0 Å². The van der Waals surface area contributed by atoms with Gasteiger partial charge in [-0.3, -0.25) is 14.4 Å². The van der Waals surface area contributed by atoms with Gasteiger partial charge in [-0.25, -0.2) is 8.42 Å². The van der Waals surface area contributed by atoms with Gasteiger partial charge in [0, 0.05) is 18.2 Å². The summed E-state index contributed by atoms with van der Waals surface area (Å²) in [5.41, 5.74) is 2.04. The lowest BCUT2D eigenvalue weighted by Gasteiger charge is -2.26. The van der Waals surface area contributed by atoms with E-state index in [0.29, 0.717) is 36.0 Å². The van der Waals surface area contributed by atoms with Crippen LogP contribution in [0, 0.1) is 17.0 Å². The highest BCUT2D eigenvalue weighted by Gasteiger charge is 2.27. The SMILES string of the molecule is Cc1ccc(N(Cc2ccc([N+](=O)[O-])cc2)S(=O)(=O)c2ccc3c(c2)OCCO3)cc1. The fourth-order valence-electron chi connectivity index (χ4n) is 3.23. The molecule has 160 valence electrons. The van der Waals surface area contributed by atoms with Gasteiger partial charge in [-0.1, -0.05) is 29.8 Å². The quantitative estimate of drug-likeness (QED) is 0.423. The Kier molecular flexibility index (Phi) is 5.51. The van der Waals surface area contributed by atoms with Gasteiger partial charge in [0.1, 0.15) is 13.2 Å². The zero-order valence-electron chi connectivity index (χ0n) is 16.7. The Labute approximate surface area is 179 Å². The fourth-order valence-corrected chi connectivity index (χ4v) is 4.70. The van der Waals surface area contributed by atoms with Crippen molar-refractivity contribution < 1.29 is 22.8 Å². The molecule has 0 spiro atoms. The maximum atomic E-state index is 13.6. The molecule has 9 heteroatoms. The third-order valence-corrected chi connectivity index (χ3v) is 6.67. The third kappa shape index (κ3) is 4.31. The van der Waals surface area contributed by atoms with E-state index in [1.54, 1.807) is 30.3 Å². The molecule has 3 aromatic carbocycles. The molecule has 0 saturated carbocycles. The number of benzene rings is 3. The molecule has 4 rings (SSSR count). The predicted octanol–water partition coefficient (Wildman–Crippen LogP) is 4.07. The molecule has 1 aliphatic rings. The summed E-state index contributed by atoms with van der Waals surface area (Å²) in [7, 11) is -3.96. The number of sulfonamides is 1. The Hall–Kier alpha value is -3.59. The van der Waals surface area contributed by atoms with Crippen molar-refractivity contribution in [2.75, 3.05) is 17.5 Å². The second kappa shape index (κ2) is 8.27. The molecular formula is C22H20N2O6S. The number of aryl methyl sites for hydroxylation is 1. The topological polar surface area (TPSA) is 99.0 Å². The van der Waals surface area contributed by atoms with Crippen molar-refractivity contribution in [1.82, 2.24) is 0 Å². The van der Waals surface area contributed by atoms with Gasteiger partial charge in [0.05, 0.1) is 22.1 Å². The van der Waals surface area contributed by atoms with E-state index in [-0.39, 0.29) is 17.1 Å². The van der Waals surface area contributed by atoms with Gasteiger partial charge in [0.25, 0.3) is 15.7 Å². The van der Waals surface area contributed by atoms with E-state index in [2.05, 4.69) is 0 Å². The van der Waals surface area contributed by atoms with Crippen molar-refractivity contribution in [3.63, 3.8) is 0 Å². The van der Waals surface area contributed by atoms with Crippen molar-refractivity contribution in [2.24, 2.45) is 0 Å². The van der Waals surface area contributed by atoms with Crippen LogP contribution in [0.2, 0.25) is 0 Å². The summed E-state index contributed by atoms with van der Waals surface area (Å²) in [6, 6.07) is 17.5. The highest BCUT2D eigenvalue weighted by atomic mass is 32.2. The van der Waals surface area contributed by atoms with Crippen LogP contribution in [-0.4, -0.2) is 26.6 Å². The molecule has 0 atom stereocenters. The molecule has 0 aromatic heterocycles. The zero-order chi connectivity index (χ0) is 22.0. The van der Waals surface area contributed by atoms with Gasteiger partial charge < -0.3 is 9.47 Å². The molecule has 1 aliphatic heterocycles. The Morgan fingerprint density at radius 2 is 1.58 bits per heavy atom. The van der Waals surface area contributed by atoms with Crippen LogP contribution in [0.15, 0.2) is 71.6 Å². The average Bonchev–Trinajstić information content (AvgIpc) is 2.78. The number of hydrogen-bond acceptors (Lipinski definition) is 6. The highest BCUT2D eigenvalue weighted by molar-refractivity contribution is 7.92. The molecule has 31 heavy (non-hydrogen) atoms. The number of non-ortho nitro benzene ring substituents is 1. The summed E-state index contributed by atoms with van der Waals surface area (Å²) < 4.78 is 39.5. The van der Waals surface area contributed by atoms with Crippen molar-refractivity contribution >= 4 is 21.4 Å². The van der Waals surface area contributed by atoms with Crippen LogP contribution in [0.5, 0.6) is 11.5 Å². The first-order valence-electron chi connectivity index (χ1n) is 9.57. The lowest BCUT2D eigenvalue weighted by atomic mass is 10.2. The van der Waals surface area contributed by atoms with E-state index in [4.69, 9.17) is 9.47 Å². The van der Waals surface area contributed by atoms with Crippen molar-refractivity contribution in [3.05, 3.63) is 88.0 Å². The number of rotatable bonds is 6. The van der Waals surface area contributed by atoms with Crippen LogP contribution in [0.4, 0.5) is 11.4 Å². The minimum atomic E-state index is -3.96. The van der Waals surface area contributed by atoms with Gasteiger partial charge in [-0.2, -0.15) is 0 Å². The van der Waals surface area contributed by atoms with Crippen LogP contribution in [-0.2, 0) is 16.6 Å². The second-order valence-corrected chi connectivity index (χ2v) is 8.94. The van der Waals surface area contributed by atoms with Crippen LogP contribution < -0.4 is 13.8 Å². The normalized spacial score (nSPS) is 12.9. The van der Waals surface area contributed by atoms with Crippen molar-refractivity contribution in [2.45, 2.75) is 18.4 Å². The number of nitrogens with zero attached hydrogens (tertiary/aromatic N) is 2. The molecule has 0 unspecified atom stereocenters. The molecule has 3 aromatic rings. The number of anilines is 1. The van der Waals surface area contributed by atoms with E-state index in [1.165, 1.54) is 28.6 Å². The van der Waals surface area contributed by atoms with Gasteiger partial charge in [0.15, 0.2) is 11.5 Å².